The van der Waals surface area contributed by atoms with E-state index in [0.29, 0.717) is 13.1 Å². The Kier molecular flexibility index (Phi) is 9.59. The van der Waals surface area contributed by atoms with Gasteiger partial charge in [0.15, 0.2) is 0 Å². The minimum absolute atomic E-state index is 0.0559. The minimum atomic E-state index is -0.156. The van der Waals surface area contributed by atoms with E-state index in [1.165, 1.54) is 5.56 Å². The van der Waals surface area contributed by atoms with Gasteiger partial charge in [0.1, 0.15) is 5.75 Å². The minimum Gasteiger partial charge on any atom is -0.496 e. The van der Waals surface area contributed by atoms with Crippen molar-refractivity contribution >= 4 is 5.91 Å². The van der Waals surface area contributed by atoms with Crippen molar-refractivity contribution in [3.8, 4) is 5.75 Å². The fourth-order valence-corrected chi connectivity index (χ4v) is 4.46. The van der Waals surface area contributed by atoms with E-state index in [1.54, 1.807) is 7.11 Å². The van der Waals surface area contributed by atoms with Gasteiger partial charge >= 0.3 is 0 Å². The molecule has 2 rings (SSSR count). The lowest BCUT2D eigenvalue weighted by Gasteiger charge is -2.47. The Morgan fingerprint density at radius 2 is 2.03 bits per heavy atom. The van der Waals surface area contributed by atoms with Crippen LogP contribution in [0.3, 0.4) is 0 Å². The quantitative estimate of drug-likeness (QED) is 0.510. The molecule has 0 radical (unpaired) electrons. The second kappa shape index (κ2) is 11.7. The normalized spacial score (nSPS) is 24.1. The highest BCUT2D eigenvalue weighted by Gasteiger charge is 2.44. The van der Waals surface area contributed by atoms with Crippen molar-refractivity contribution in [1.29, 1.82) is 0 Å². The molecule has 30 heavy (non-hydrogen) atoms. The molecule has 0 unspecified atom stereocenters. The van der Waals surface area contributed by atoms with Crippen molar-refractivity contribution < 1.29 is 14.3 Å². The van der Waals surface area contributed by atoms with Gasteiger partial charge in [0.2, 0.25) is 5.91 Å². The van der Waals surface area contributed by atoms with Gasteiger partial charge in [-0.1, -0.05) is 25.1 Å². The Balaban J connectivity index is 1.99. The van der Waals surface area contributed by atoms with Crippen LogP contribution in [0.5, 0.6) is 5.75 Å². The number of carbonyl (C=O) groups excluding carboxylic acids is 1. The SMILES string of the molecule is CC[C@@]1(C)C[C@](CCNC(=O)CNCCCN(C)C)(c2ccccc2OC)CCO1. The second-order valence-corrected chi connectivity index (χ2v) is 8.99. The number of methoxy groups -OCH3 is 1. The van der Waals surface area contributed by atoms with Crippen LogP contribution in [0.4, 0.5) is 0 Å². The smallest absolute Gasteiger partial charge is 0.233 e. The molecular formula is C24H41N3O3. The first-order chi connectivity index (χ1) is 14.3. The number of carbonyl (C=O) groups is 1. The average molecular weight is 420 g/mol. The number of hydrogen-bond acceptors (Lipinski definition) is 5. The number of nitrogens with zero attached hydrogens (tertiary/aromatic N) is 1. The molecule has 1 fully saturated rings. The van der Waals surface area contributed by atoms with Crippen LogP contribution in [0, 0.1) is 0 Å². The van der Waals surface area contributed by atoms with Gasteiger partial charge in [-0.05, 0) is 72.3 Å². The van der Waals surface area contributed by atoms with E-state index < -0.39 is 0 Å². The lowest BCUT2D eigenvalue weighted by molar-refractivity contribution is -0.120. The number of benzene rings is 1. The van der Waals surface area contributed by atoms with Crippen molar-refractivity contribution in [3.63, 3.8) is 0 Å². The third-order valence-electron chi connectivity index (χ3n) is 6.34. The van der Waals surface area contributed by atoms with Crippen LogP contribution in [-0.4, -0.2) is 70.4 Å². The van der Waals surface area contributed by atoms with E-state index >= 15 is 0 Å². The molecule has 0 saturated carbocycles. The summed E-state index contributed by atoms with van der Waals surface area (Å²) in [6.07, 6.45) is 4.73. The molecule has 0 spiro atoms. The van der Waals surface area contributed by atoms with Gasteiger partial charge in [-0.25, -0.2) is 0 Å². The molecule has 6 nitrogen and oxygen atoms in total. The van der Waals surface area contributed by atoms with E-state index in [9.17, 15) is 4.79 Å². The maximum absolute atomic E-state index is 12.3. The zero-order valence-corrected chi connectivity index (χ0v) is 19.6. The Morgan fingerprint density at radius 3 is 2.73 bits per heavy atom. The van der Waals surface area contributed by atoms with E-state index in [1.807, 2.05) is 12.1 Å². The first-order valence-corrected chi connectivity index (χ1v) is 11.2. The summed E-state index contributed by atoms with van der Waals surface area (Å²) in [6.45, 7) is 8.00. The van der Waals surface area contributed by atoms with E-state index in [2.05, 4.69) is 55.6 Å². The number of amides is 1. The standard InChI is InChI=1S/C24H41N3O3/c1-6-23(2)19-24(13-17-30-23,20-10-7-8-11-21(20)29-5)12-15-26-22(28)18-25-14-9-16-27(3)4/h7-8,10-11,25H,6,9,12-19H2,1-5H3,(H,26,28)/t23-,24+/m0/s1. The first-order valence-electron chi connectivity index (χ1n) is 11.2. The largest absolute Gasteiger partial charge is 0.496 e. The van der Waals surface area contributed by atoms with Crippen molar-refractivity contribution in [2.24, 2.45) is 0 Å². The number of nitrogens with one attached hydrogen (secondary N) is 2. The van der Waals surface area contributed by atoms with Gasteiger partial charge in [0, 0.05) is 24.1 Å². The summed E-state index contributed by atoms with van der Waals surface area (Å²) in [5.41, 5.74) is 1.01. The van der Waals surface area contributed by atoms with Gasteiger partial charge < -0.3 is 25.0 Å². The summed E-state index contributed by atoms with van der Waals surface area (Å²) in [6, 6.07) is 8.30. The number of para-hydroxylation sites is 1. The molecule has 6 heteroatoms. The Bertz CT molecular complexity index is 667. The number of ether oxygens (including phenoxy) is 2. The molecular weight excluding hydrogens is 378 g/mol. The average Bonchev–Trinajstić information content (AvgIpc) is 2.73. The Morgan fingerprint density at radius 1 is 1.27 bits per heavy atom. The van der Waals surface area contributed by atoms with Crippen molar-refractivity contribution in [3.05, 3.63) is 29.8 Å². The molecule has 0 aromatic heterocycles. The third-order valence-corrected chi connectivity index (χ3v) is 6.34. The fourth-order valence-electron chi connectivity index (χ4n) is 4.46. The highest BCUT2D eigenvalue weighted by atomic mass is 16.5. The van der Waals surface area contributed by atoms with Crippen LogP contribution in [-0.2, 0) is 14.9 Å². The van der Waals surface area contributed by atoms with Crippen molar-refractivity contribution in [2.75, 3.05) is 54.0 Å². The fraction of sp³-hybridized carbons (Fsp3) is 0.708. The summed E-state index contributed by atoms with van der Waals surface area (Å²) >= 11 is 0. The first kappa shape index (κ1) is 24.6. The van der Waals surface area contributed by atoms with Crippen LogP contribution >= 0.6 is 0 Å². The topological polar surface area (TPSA) is 62.8 Å². The van der Waals surface area contributed by atoms with Crippen LogP contribution < -0.4 is 15.4 Å². The summed E-state index contributed by atoms with van der Waals surface area (Å²) in [7, 11) is 5.85. The van der Waals surface area contributed by atoms with Gasteiger partial charge in [0.05, 0.1) is 19.3 Å². The second-order valence-electron chi connectivity index (χ2n) is 8.99. The summed E-state index contributed by atoms with van der Waals surface area (Å²) < 4.78 is 11.8. The zero-order chi connectivity index (χ0) is 22.0. The van der Waals surface area contributed by atoms with E-state index in [-0.39, 0.29) is 16.9 Å². The third kappa shape index (κ3) is 6.96. The molecule has 0 bridgehead atoms. The maximum atomic E-state index is 12.3. The molecule has 2 atom stereocenters. The molecule has 1 aliphatic heterocycles. The lowest BCUT2D eigenvalue weighted by atomic mass is 9.66. The predicted molar refractivity (Wildman–Crippen MR) is 122 cm³/mol. The van der Waals surface area contributed by atoms with Crippen LogP contribution in [0.25, 0.3) is 0 Å². The van der Waals surface area contributed by atoms with E-state index in [0.717, 1.165) is 57.6 Å². The summed E-state index contributed by atoms with van der Waals surface area (Å²) in [5.74, 6) is 0.979. The summed E-state index contributed by atoms with van der Waals surface area (Å²) in [5, 5.41) is 6.35. The van der Waals surface area contributed by atoms with Crippen molar-refractivity contribution in [2.45, 2.75) is 57.0 Å². The number of rotatable bonds is 12. The molecule has 170 valence electrons. The van der Waals surface area contributed by atoms with Gasteiger partial charge in [0.25, 0.3) is 0 Å². The van der Waals surface area contributed by atoms with E-state index in [4.69, 9.17) is 9.47 Å². The maximum Gasteiger partial charge on any atom is 0.233 e. The van der Waals surface area contributed by atoms with Crippen LogP contribution in [0.1, 0.15) is 51.5 Å². The van der Waals surface area contributed by atoms with Crippen LogP contribution in [0.15, 0.2) is 24.3 Å². The molecule has 1 amide bonds. The summed E-state index contributed by atoms with van der Waals surface area (Å²) in [4.78, 5) is 14.4. The van der Waals surface area contributed by atoms with Crippen LogP contribution in [0.2, 0.25) is 0 Å². The molecule has 1 heterocycles. The lowest BCUT2D eigenvalue weighted by Crippen LogP contribution is -2.47. The predicted octanol–water partition coefficient (Wildman–Crippen LogP) is 2.96. The molecule has 0 aliphatic carbocycles. The highest BCUT2D eigenvalue weighted by molar-refractivity contribution is 5.77. The van der Waals surface area contributed by atoms with Gasteiger partial charge in [-0.2, -0.15) is 0 Å². The molecule has 2 N–H and O–H groups in total. The monoisotopic (exact) mass is 419 g/mol. The van der Waals surface area contributed by atoms with Gasteiger partial charge in [-0.3, -0.25) is 4.79 Å². The molecule has 1 aromatic rings. The molecule has 1 saturated heterocycles. The molecule has 1 aromatic carbocycles. The number of hydrogen-bond donors (Lipinski definition) is 2. The highest BCUT2D eigenvalue weighted by Crippen LogP contribution is 2.47. The molecule has 1 aliphatic rings. The zero-order valence-electron chi connectivity index (χ0n) is 19.6. The Hall–Kier alpha value is -1.63. The van der Waals surface area contributed by atoms with Gasteiger partial charge in [-0.15, -0.1) is 0 Å². The Labute approximate surface area is 182 Å². The van der Waals surface area contributed by atoms with Crippen molar-refractivity contribution in [1.82, 2.24) is 15.5 Å².